The third-order valence-electron chi connectivity index (χ3n) is 3.47. The zero-order valence-corrected chi connectivity index (χ0v) is 16.1. The van der Waals surface area contributed by atoms with E-state index in [0.29, 0.717) is 10.6 Å². The molecule has 1 N–H and O–H groups in total. The molecule has 0 saturated carbocycles. The largest absolute Gasteiger partial charge is 0.586 e. The summed E-state index contributed by atoms with van der Waals surface area (Å²) in [6, 6.07) is 2.43. The molecule has 3 rings (SSSR count). The van der Waals surface area contributed by atoms with Gasteiger partial charge in [-0.3, -0.25) is 9.79 Å². The van der Waals surface area contributed by atoms with E-state index in [9.17, 15) is 13.6 Å². The molecule has 0 aliphatic carbocycles. The van der Waals surface area contributed by atoms with Crippen LogP contribution in [0.15, 0.2) is 28.3 Å². The summed E-state index contributed by atoms with van der Waals surface area (Å²) < 4.78 is 38.8. The Morgan fingerprint density at radius 3 is 2.68 bits per heavy atom. The summed E-state index contributed by atoms with van der Waals surface area (Å²) in [6.07, 6.45) is -2.49. The van der Waals surface area contributed by atoms with Gasteiger partial charge in [0.2, 0.25) is 0 Å². The van der Waals surface area contributed by atoms with Crippen molar-refractivity contribution in [3.05, 3.63) is 39.5 Å². The lowest BCUT2D eigenvalue weighted by Gasteiger charge is -2.06. The number of alkyl halides is 2. The number of benzene rings is 1. The van der Waals surface area contributed by atoms with Crippen molar-refractivity contribution in [2.45, 2.75) is 20.1 Å². The normalized spacial score (nSPS) is 15.5. The number of aliphatic imine (C=N–C) groups is 2. The average molecular weight is 428 g/mol. The number of halogens is 3. The van der Waals surface area contributed by atoms with E-state index in [2.05, 4.69) is 41.1 Å². The second kappa shape index (κ2) is 7.60. The van der Waals surface area contributed by atoms with Crippen LogP contribution < -0.4 is 14.8 Å². The maximum atomic E-state index is 13.2. The summed E-state index contributed by atoms with van der Waals surface area (Å²) in [5.41, 5.74) is 0.932. The van der Waals surface area contributed by atoms with Gasteiger partial charge in [-0.25, -0.2) is 4.99 Å². The number of nitrogens with zero attached hydrogens (tertiary/aromatic N) is 4. The van der Waals surface area contributed by atoms with Crippen LogP contribution in [0.3, 0.4) is 0 Å². The molecular formula is C16H12ClF2N5O3S. The molecule has 1 aliphatic heterocycles. The van der Waals surface area contributed by atoms with E-state index in [1.54, 1.807) is 13.8 Å². The first-order chi connectivity index (χ1) is 13.2. The molecule has 1 amide bonds. The van der Waals surface area contributed by atoms with Gasteiger partial charge in [-0.1, -0.05) is 16.1 Å². The van der Waals surface area contributed by atoms with E-state index in [1.807, 2.05) is 0 Å². The van der Waals surface area contributed by atoms with E-state index < -0.39 is 12.2 Å². The maximum absolute atomic E-state index is 13.2. The summed E-state index contributed by atoms with van der Waals surface area (Å²) in [5, 5.41) is 6.43. The molecule has 0 spiro atoms. The maximum Gasteiger partial charge on any atom is 0.586 e. The van der Waals surface area contributed by atoms with Gasteiger partial charge < -0.3 is 14.8 Å². The molecule has 0 bridgehead atoms. The molecule has 2 heterocycles. The third-order valence-corrected chi connectivity index (χ3v) is 4.61. The van der Waals surface area contributed by atoms with Crippen LogP contribution in [0.4, 0.5) is 8.78 Å². The molecule has 1 aromatic heterocycles. The first kappa shape index (κ1) is 19.8. The number of aromatic nitrogens is 2. The molecule has 0 atom stereocenters. The van der Waals surface area contributed by atoms with E-state index in [4.69, 9.17) is 11.6 Å². The highest BCUT2D eigenvalue weighted by atomic mass is 35.5. The van der Waals surface area contributed by atoms with Crippen molar-refractivity contribution in [3.8, 4) is 11.5 Å². The summed E-state index contributed by atoms with van der Waals surface area (Å²) in [7, 11) is 0. The van der Waals surface area contributed by atoms with Crippen molar-refractivity contribution in [2.24, 2.45) is 9.98 Å². The fourth-order valence-electron chi connectivity index (χ4n) is 2.21. The lowest BCUT2D eigenvalue weighted by atomic mass is 10.1. The molecule has 1 aromatic carbocycles. The minimum atomic E-state index is -3.77. The molecule has 0 saturated heterocycles. The molecule has 0 unspecified atom stereocenters. The summed E-state index contributed by atoms with van der Waals surface area (Å²) >= 11 is 7.08. The van der Waals surface area contributed by atoms with Crippen LogP contribution in [-0.2, 0) is 0 Å². The van der Waals surface area contributed by atoms with Gasteiger partial charge >= 0.3 is 6.29 Å². The second-order valence-electron chi connectivity index (χ2n) is 5.47. The van der Waals surface area contributed by atoms with Crippen LogP contribution in [0, 0.1) is 6.92 Å². The smallest absolute Gasteiger partial charge is 0.395 e. The van der Waals surface area contributed by atoms with E-state index >= 15 is 0 Å². The summed E-state index contributed by atoms with van der Waals surface area (Å²) in [6.45, 7) is 6.64. The third kappa shape index (κ3) is 4.15. The minimum absolute atomic E-state index is 0.0851. The number of hydrogen-bond donors (Lipinski definition) is 1. The number of ether oxygens (including phenoxy) is 2. The SMILES string of the molecule is C=N/C(=C\N=C(/C)NC(=O)c1snnc1C)c1cc2c(cc1Cl)OC(F)(F)O2. The number of aryl methyl sites for hydroxylation is 1. The predicted molar refractivity (Wildman–Crippen MR) is 100 cm³/mol. The van der Waals surface area contributed by atoms with Crippen molar-refractivity contribution in [3.63, 3.8) is 0 Å². The topological polar surface area (TPSA) is 98.1 Å². The highest BCUT2D eigenvalue weighted by Crippen LogP contribution is 2.45. The zero-order valence-electron chi connectivity index (χ0n) is 14.5. The van der Waals surface area contributed by atoms with Gasteiger partial charge in [-0.2, -0.15) is 0 Å². The molecule has 0 radical (unpaired) electrons. The lowest BCUT2D eigenvalue weighted by molar-refractivity contribution is -0.286. The van der Waals surface area contributed by atoms with Gasteiger partial charge in [0.1, 0.15) is 10.7 Å². The Kier molecular flexibility index (Phi) is 5.38. The Balaban J connectivity index is 1.83. The van der Waals surface area contributed by atoms with Crippen molar-refractivity contribution < 1.29 is 23.0 Å². The van der Waals surface area contributed by atoms with E-state index in [0.717, 1.165) is 11.5 Å². The van der Waals surface area contributed by atoms with Crippen LogP contribution in [-0.4, -0.2) is 34.3 Å². The Morgan fingerprint density at radius 1 is 1.39 bits per heavy atom. The van der Waals surface area contributed by atoms with Crippen LogP contribution in [0.25, 0.3) is 5.70 Å². The standard InChI is InChI=1S/C16H12ClF2N5O3S/c1-7-14(28-24-23-7)15(25)22-8(2)21-6-11(20-3)9-4-12-13(5-10(9)17)27-16(18,19)26-12/h4-6H,3H2,1-2H3,(H,21,22,25)/b11-6-. The predicted octanol–water partition coefficient (Wildman–Crippen LogP) is 3.67. The van der Waals surface area contributed by atoms with Crippen LogP contribution >= 0.6 is 23.1 Å². The number of carbonyl (C=O) groups excluding carboxylic acids is 1. The molecule has 0 fully saturated rings. The number of hydrogen-bond acceptors (Lipinski definition) is 8. The first-order valence-corrected chi connectivity index (χ1v) is 8.76. The van der Waals surface area contributed by atoms with Gasteiger partial charge in [0.05, 0.1) is 22.6 Å². The van der Waals surface area contributed by atoms with Crippen LogP contribution in [0.1, 0.15) is 27.9 Å². The van der Waals surface area contributed by atoms with Crippen LogP contribution in [0.5, 0.6) is 11.5 Å². The van der Waals surface area contributed by atoms with Crippen molar-refractivity contribution in [2.75, 3.05) is 0 Å². The van der Waals surface area contributed by atoms with Gasteiger partial charge in [0.15, 0.2) is 11.5 Å². The Bertz CT molecular complexity index is 1020. The fraction of sp³-hybridized carbons (Fsp3) is 0.188. The monoisotopic (exact) mass is 427 g/mol. The van der Waals surface area contributed by atoms with Gasteiger partial charge in [-0.15, -0.1) is 13.9 Å². The molecule has 146 valence electrons. The molecule has 1 aliphatic rings. The molecule has 8 nitrogen and oxygen atoms in total. The van der Waals surface area contributed by atoms with Crippen LogP contribution in [0.2, 0.25) is 5.02 Å². The molecule has 12 heteroatoms. The van der Waals surface area contributed by atoms with Gasteiger partial charge in [-0.05, 0) is 38.2 Å². The molecule has 28 heavy (non-hydrogen) atoms. The zero-order chi connectivity index (χ0) is 20.5. The quantitative estimate of drug-likeness (QED) is 0.593. The highest BCUT2D eigenvalue weighted by molar-refractivity contribution is 7.08. The number of rotatable bonds is 4. The first-order valence-electron chi connectivity index (χ1n) is 7.61. The number of carbonyl (C=O) groups is 1. The lowest BCUT2D eigenvalue weighted by Crippen LogP contribution is -2.28. The number of nitrogens with one attached hydrogen (secondary N) is 1. The highest BCUT2D eigenvalue weighted by Gasteiger charge is 2.43. The minimum Gasteiger partial charge on any atom is -0.395 e. The number of amidine groups is 1. The van der Waals surface area contributed by atoms with Gasteiger partial charge in [0.25, 0.3) is 5.91 Å². The Morgan fingerprint density at radius 2 is 2.07 bits per heavy atom. The van der Waals surface area contributed by atoms with Crippen molar-refractivity contribution >= 4 is 47.3 Å². The van der Waals surface area contributed by atoms with Crippen molar-refractivity contribution in [1.82, 2.24) is 14.9 Å². The number of amides is 1. The van der Waals surface area contributed by atoms with E-state index in [1.165, 1.54) is 18.3 Å². The molecule has 2 aromatic rings. The second-order valence-corrected chi connectivity index (χ2v) is 6.64. The van der Waals surface area contributed by atoms with E-state index in [-0.39, 0.29) is 33.6 Å². The summed E-state index contributed by atoms with van der Waals surface area (Å²) in [4.78, 5) is 20.4. The Labute approximate surface area is 166 Å². The molecular weight excluding hydrogens is 416 g/mol. The average Bonchev–Trinajstić information content (AvgIpc) is 3.16. The number of fused-ring (bicyclic) bond motifs is 1. The van der Waals surface area contributed by atoms with Crippen molar-refractivity contribution in [1.29, 1.82) is 0 Å². The summed E-state index contributed by atoms with van der Waals surface area (Å²) in [5.74, 6) is -0.537. The van der Waals surface area contributed by atoms with Gasteiger partial charge in [0, 0.05) is 11.6 Å². The Hall–Kier alpha value is -2.92. The fourth-order valence-corrected chi connectivity index (χ4v) is 3.02.